The summed E-state index contributed by atoms with van der Waals surface area (Å²) in [5.74, 6) is 0.152. The first kappa shape index (κ1) is 19.4. The number of carbonyl (C=O) groups excluding carboxylic acids is 1. The Morgan fingerprint density at radius 3 is 2.79 bits per heavy atom. The van der Waals surface area contributed by atoms with Gasteiger partial charge in [-0.05, 0) is 54.8 Å². The van der Waals surface area contributed by atoms with Gasteiger partial charge in [-0.2, -0.15) is 0 Å². The fourth-order valence-electron chi connectivity index (χ4n) is 3.88. The Hall–Kier alpha value is -1.89. The highest BCUT2D eigenvalue weighted by Crippen LogP contribution is 2.39. The third-order valence-corrected chi connectivity index (χ3v) is 6.63. The molecule has 28 heavy (non-hydrogen) atoms. The van der Waals surface area contributed by atoms with Crippen LogP contribution < -0.4 is 4.90 Å². The maximum absolute atomic E-state index is 13.6. The molecule has 1 saturated heterocycles. The van der Waals surface area contributed by atoms with Gasteiger partial charge in [0, 0.05) is 35.4 Å². The first-order valence-electron chi connectivity index (χ1n) is 9.50. The molecule has 2 aliphatic rings. The highest BCUT2D eigenvalue weighted by Gasteiger charge is 2.39. The van der Waals surface area contributed by atoms with Gasteiger partial charge in [0.1, 0.15) is 6.17 Å². The SMILES string of the molecule is CN1C(=O)CCc2cc(Sc3cccc(C4(C)CC(O)C(F)CO4)c3)ccc21. The lowest BCUT2D eigenvalue weighted by atomic mass is 9.86. The Labute approximate surface area is 168 Å². The van der Waals surface area contributed by atoms with E-state index >= 15 is 0 Å². The number of aliphatic hydroxyl groups is 1. The second kappa shape index (κ2) is 7.50. The van der Waals surface area contributed by atoms with Crippen molar-refractivity contribution in [3.63, 3.8) is 0 Å². The van der Waals surface area contributed by atoms with Crippen LogP contribution in [-0.4, -0.2) is 36.9 Å². The van der Waals surface area contributed by atoms with Gasteiger partial charge in [0.2, 0.25) is 5.91 Å². The summed E-state index contributed by atoms with van der Waals surface area (Å²) in [4.78, 5) is 15.7. The number of hydrogen-bond donors (Lipinski definition) is 1. The van der Waals surface area contributed by atoms with Gasteiger partial charge in [-0.1, -0.05) is 23.9 Å². The largest absolute Gasteiger partial charge is 0.390 e. The van der Waals surface area contributed by atoms with Gasteiger partial charge in [0.15, 0.2) is 0 Å². The summed E-state index contributed by atoms with van der Waals surface area (Å²) in [6, 6.07) is 14.2. The molecule has 2 heterocycles. The molecule has 148 valence electrons. The van der Waals surface area contributed by atoms with E-state index in [1.807, 2.05) is 50.4 Å². The van der Waals surface area contributed by atoms with Crippen molar-refractivity contribution in [1.29, 1.82) is 0 Å². The Morgan fingerprint density at radius 1 is 1.21 bits per heavy atom. The van der Waals surface area contributed by atoms with Crippen LogP contribution in [0.5, 0.6) is 0 Å². The fraction of sp³-hybridized carbons (Fsp3) is 0.409. The third-order valence-electron chi connectivity index (χ3n) is 5.65. The van der Waals surface area contributed by atoms with Crippen LogP contribution in [0.25, 0.3) is 0 Å². The van der Waals surface area contributed by atoms with Crippen molar-refractivity contribution in [2.75, 3.05) is 18.6 Å². The number of alkyl halides is 1. The van der Waals surface area contributed by atoms with Crippen molar-refractivity contribution in [3.05, 3.63) is 53.6 Å². The molecular weight excluding hydrogens is 377 g/mol. The molecule has 2 aliphatic heterocycles. The second-order valence-corrected chi connectivity index (χ2v) is 8.85. The zero-order chi connectivity index (χ0) is 19.9. The standard InChI is InChI=1S/C22H24FNO3S/c1-22(12-20(25)18(23)13-27-22)15-4-3-5-16(11-15)28-17-7-8-19-14(10-17)6-9-21(26)24(19)2/h3-5,7-8,10-11,18,20,25H,6,9,12-13H2,1-2H3. The number of fused-ring (bicyclic) bond motifs is 1. The Morgan fingerprint density at radius 2 is 2.00 bits per heavy atom. The molecule has 0 saturated carbocycles. The summed E-state index contributed by atoms with van der Waals surface area (Å²) in [7, 11) is 1.82. The van der Waals surface area contributed by atoms with Crippen LogP contribution in [0.15, 0.2) is 52.3 Å². The number of nitrogens with zero attached hydrogens (tertiary/aromatic N) is 1. The molecule has 1 amide bonds. The van der Waals surface area contributed by atoms with Crippen LogP contribution >= 0.6 is 11.8 Å². The van der Waals surface area contributed by atoms with E-state index < -0.39 is 17.9 Å². The molecule has 2 aromatic rings. The summed E-state index contributed by atoms with van der Waals surface area (Å²) in [5, 5.41) is 9.94. The maximum Gasteiger partial charge on any atom is 0.227 e. The maximum atomic E-state index is 13.6. The fourth-order valence-corrected chi connectivity index (χ4v) is 4.82. The highest BCUT2D eigenvalue weighted by atomic mass is 32.2. The highest BCUT2D eigenvalue weighted by molar-refractivity contribution is 7.99. The number of aryl methyl sites for hydroxylation is 1. The van der Waals surface area contributed by atoms with Crippen molar-refractivity contribution in [2.24, 2.45) is 0 Å². The monoisotopic (exact) mass is 401 g/mol. The number of aliphatic hydroxyl groups excluding tert-OH is 1. The smallest absolute Gasteiger partial charge is 0.227 e. The Balaban J connectivity index is 1.55. The molecule has 0 bridgehead atoms. The summed E-state index contributed by atoms with van der Waals surface area (Å²) >= 11 is 1.65. The zero-order valence-electron chi connectivity index (χ0n) is 16.0. The van der Waals surface area contributed by atoms with Gasteiger partial charge < -0.3 is 14.7 Å². The summed E-state index contributed by atoms with van der Waals surface area (Å²) in [6.45, 7) is 1.81. The van der Waals surface area contributed by atoms with E-state index in [0.717, 1.165) is 27.5 Å². The van der Waals surface area contributed by atoms with Crippen molar-refractivity contribution in [1.82, 2.24) is 0 Å². The predicted molar refractivity (Wildman–Crippen MR) is 108 cm³/mol. The normalized spacial score (nSPS) is 27.6. The predicted octanol–water partition coefficient (Wildman–Crippen LogP) is 4.08. The van der Waals surface area contributed by atoms with Gasteiger partial charge in [-0.15, -0.1) is 0 Å². The van der Waals surface area contributed by atoms with E-state index in [4.69, 9.17) is 4.74 Å². The minimum Gasteiger partial charge on any atom is -0.390 e. The van der Waals surface area contributed by atoms with E-state index in [1.165, 1.54) is 5.56 Å². The van der Waals surface area contributed by atoms with Gasteiger partial charge in [-0.3, -0.25) is 4.79 Å². The third kappa shape index (κ3) is 3.69. The number of anilines is 1. The molecule has 4 nitrogen and oxygen atoms in total. The van der Waals surface area contributed by atoms with E-state index in [-0.39, 0.29) is 18.9 Å². The summed E-state index contributed by atoms with van der Waals surface area (Å²) in [6.07, 6.45) is -0.787. The lowest BCUT2D eigenvalue weighted by molar-refractivity contribution is -0.148. The molecule has 2 aromatic carbocycles. The zero-order valence-corrected chi connectivity index (χ0v) is 16.8. The molecule has 3 unspecified atom stereocenters. The molecule has 3 atom stereocenters. The molecule has 0 spiro atoms. The number of hydrogen-bond acceptors (Lipinski definition) is 4. The molecule has 0 aliphatic carbocycles. The van der Waals surface area contributed by atoms with E-state index in [0.29, 0.717) is 6.42 Å². The number of ether oxygens (including phenoxy) is 1. The number of benzene rings is 2. The van der Waals surface area contributed by atoms with Crippen molar-refractivity contribution < 1.29 is 19.0 Å². The number of halogens is 1. The lowest BCUT2D eigenvalue weighted by Crippen LogP contribution is -2.44. The average molecular weight is 402 g/mol. The molecule has 4 rings (SSSR count). The van der Waals surface area contributed by atoms with Crippen LogP contribution in [0.2, 0.25) is 0 Å². The molecular formula is C22H24FNO3S. The van der Waals surface area contributed by atoms with Gasteiger partial charge in [0.05, 0.1) is 18.3 Å². The summed E-state index contributed by atoms with van der Waals surface area (Å²) < 4.78 is 19.3. The van der Waals surface area contributed by atoms with Gasteiger partial charge in [0.25, 0.3) is 0 Å². The number of rotatable bonds is 3. The number of carbonyl (C=O) groups is 1. The first-order valence-corrected chi connectivity index (χ1v) is 10.3. The van der Waals surface area contributed by atoms with Crippen molar-refractivity contribution >= 4 is 23.4 Å². The second-order valence-electron chi connectivity index (χ2n) is 7.70. The molecule has 1 N–H and O–H groups in total. The molecule has 0 aromatic heterocycles. The van der Waals surface area contributed by atoms with Gasteiger partial charge >= 0.3 is 0 Å². The van der Waals surface area contributed by atoms with E-state index in [1.54, 1.807) is 16.7 Å². The average Bonchev–Trinajstić information content (AvgIpc) is 2.68. The topological polar surface area (TPSA) is 49.8 Å². The van der Waals surface area contributed by atoms with Crippen LogP contribution in [0.4, 0.5) is 10.1 Å². The lowest BCUT2D eigenvalue weighted by Gasteiger charge is -2.38. The molecule has 0 radical (unpaired) electrons. The van der Waals surface area contributed by atoms with Crippen LogP contribution in [0.3, 0.4) is 0 Å². The minimum atomic E-state index is -1.33. The number of amides is 1. The Bertz CT molecular complexity index is 905. The molecule has 1 fully saturated rings. The first-order chi connectivity index (χ1) is 13.4. The van der Waals surface area contributed by atoms with Crippen LogP contribution in [-0.2, 0) is 21.6 Å². The van der Waals surface area contributed by atoms with E-state index in [2.05, 4.69) is 6.07 Å². The minimum absolute atomic E-state index is 0.0912. The van der Waals surface area contributed by atoms with Crippen LogP contribution in [0.1, 0.15) is 30.9 Å². The Kier molecular flexibility index (Phi) is 5.21. The summed E-state index contributed by atoms with van der Waals surface area (Å²) in [5.41, 5.74) is 2.40. The molecule has 6 heteroatoms. The quantitative estimate of drug-likeness (QED) is 0.842. The van der Waals surface area contributed by atoms with Gasteiger partial charge in [-0.25, -0.2) is 4.39 Å². The van der Waals surface area contributed by atoms with E-state index in [9.17, 15) is 14.3 Å². The van der Waals surface area contributed by atoms with Crippen LogP contribution in [0, 0.1) is 0 Å². The van der Waals surface area contributed by atoms with Crippen molar-refractivity contribution in [3.8, 4) is 0 Å². The van der Waals surface area contributed by atoms with Crippen molar-refractivity contribution in [2.45, 2.75) is 53.9 Å².